The van der Waals surface area contributed by atoms with Crippen molar-refractivity contribution in [1.29, 1.82) is 0 Å². The Kier molecular flexibility index (Phi) is 8.23. The van der Waals surface area contributed by atoms with Gasteiger partial charge in [0.05, 0.1) is 12.2 Å². The molecule has 35 heavy (non-hydrogen) atoms. The van der Waals surface area contributed by atoms with Crippen LogP contribution in [0.2, 0.25) is 0 Å². The van der Waals surface area contributed by atoms with E-state index in [1.54, 1.807) is 31.2 Å². The first-order valence-corrected chi connectivity index (χ1v) is 12.5. The van der Waals surface area contributed by atoms with E-state index in [0.29, 0.717) is 29.5 Å². The minimum Gasteiger partial charge on any atom is -0.462 e. The molecule has 0 radical (unpaired) electrons. The number of rotatable bonds is 6. The number of nitrogens with one attached hydrogen (secondary N) is 2. The van der Waals surface area contributed by atoms with Crippen LogP contribution in [0, 0.1) is 5.92 Å². The zero-order valence-corrected chi connectivity index (χ0v) is 20.3. The molecule has 0 bridgehead atoms. The first kappa shape index (κ1) is 24.6. The van der Waals surface area contributed by atoms with Crippen LogP contribution in [-0.2, 0) is 9.53 Å². The number of hydrogen-bond donors (Lipinski definition) is 2. The number of piperazine rings is 1. The number of ether oxygens (including phenoxy) is 1. The van der Waals surface area contributed by atoms with Gasteiger partial charge in [0.2, 0.25) is 5.91 Å². The highest BCUT2D eigenvalue weighted by Gasteiger charge is 2.28. The van der Waals surface area contributed by atoms with E-state index in [9.17, 15) is 14.4 Å². The predicted molar refractivity (Wildman–Crippen MR) is 137 cm³/mol. The van der Waals surface area contributed by atoms with Crippen molar-refractivity contribution in [3.05, 3.63) is 54.1 Å². The standard InChI is InChI=1S/C27H34N4O4/c1-2-35-26(33)21-8-10-22(11-9-21)28-27(34)29-23-12-14-24(15-13-23)30-16-18-31(19-17-30)25(32)20-6-4-3-5-7-20/h8-15,20H,2-7,16-19H2,1H3,(H2,28,29,34). The average molecular weight is 479 g/mol. The lowest BCUT2D eigenvalue weighted by Gasteiger charge is -2.38. The molecule has 3 amide bonds. The van der Waals surface area contributed by atoms with Crippen LogP contribution >= 0.6 is 0 Å². The van der Waals surface area contributed by atoms with Gasteiger partial charge >= 0.3 is 12.0 Å². The Morgan fingerprint density at radius 2 is 1.40 bits per heavy atom. The normalized spacial score (nSPS) is 16.5. The summed E-state index contributed by atoms with van der Waals surface area (Å²) in [5, 5.41) is 5.58. The fraction of sp³-hybridized carbons (Fsp3) is 0.444. The molecule has 2 aliphatic rings. The lowest BCUT2D eigenvalue weighted by Crippen LogP contribution is -2.50. The zero-order chi connectivity index (χ0) is 24.6. The Balaban J connectivity index is 1.24. The summed E-state index contributed by atoms with van der Waals surface area (Å²) in [6.07, 6.45) is 5.70. The maximum Gasteiger partial charge on any atom is 0.338 e. The van der Waals surface area contributed by atoms with E-state index < -0.39 is 0 Å². The molecule has 1 aliphatic carbocycles. The lowest BCUT2D eigenvalue weighted by molar-refractivity contribution is -0.136. The van der Waals surface area contributed by atoms with Crippen molar-refractivity contribution in [3.8, 4) is 0 Å². The van der Waals surface area contributed by atoms with Gasteiger partial charge in [-0.1, -0.05) is 19.3 Å². The summed E-state index contributed by atoms with van der Waals surface area (Å²) in [7, 11) is 0. The van der Waals surface area contributed by atoms with Gasteiger partial charge in [0.1, 0.15) is 0 Å². The molecule has 0 atom stereocenters. The highest BCUT2D eigenvalue weighted by atomic mass is 16.5. The predicted octanol–water partition coefficient (Wildman–Crippen LogP) is 4.74. The number of benzene rings is 2. The second-order valence-corrected chi connectivity index (χ2v) is 9.07. The van der Waals surface area contributed by atoms with E-state index in [1.807, 2.05) is 29.2 Å². The van der Waals surface area contributed by atoms with E-state index in [0.717, 1.165) is 44.7 Å². The molecule has 8 nitrogen and oxygen atoms in total. The van der Waals surface area contributed by atoms with Crippen LogP contribution in [0.1, 0.15) is 49.4 Å². The highest BCUT2D eigenvalue weighted by molar-refractivity contribution is 6.00. The smallest absolute Gasteiger partial charge is 0.338 e. The number of carbonyl (C=O) groups is 3. The van der Waals surface area contributed by atoms with Crippen LogP contribution < -0.4 is 15.5 Å². The van der Waals surface area contributed by atoms with Gasteiger partial charge in [0, 0.05) is 49.2 Å². The van der Waals surface area contributed by atoms with Gasteiger partial charge in [-0.2, -0.15) is 0 Å². The van der Waals surface area contributed by atoms with Crippen molar-refractivity contribution in [2.24, 2.45) is 5.92 Å². The number of urea groups is 1. The van der Waals surface area contributed by atoms with Gasteiger partial charge < -0.3 is 25.2 Å². The third-order valence-electron chi connectivity index (χ3n) is 6.69. The summed E-state index contributed by atoms with van der Waals surface area (Å²) >= 11 is 0. The first-order valence-electron chi connectivity index (χ1n) is 12.5. The SMILES string of the molecule is CCOC(=O)c1ccc(NC(=O)Nc2ccc(N3CCN(C(=O)C4CCCCC4)CC3)cc2)cc1. The maximum absolute atomic E-state index is 12.8. The number of esters is 1. The van der Waals surface area contributed by atoms with Crippen molar-refractivity contribution in [2.75, 3.05) is 48.3 Å². The topological polar surface area (TPSA) is 91.0 Å². The van der Waals surface area contributed by atoms with Crippen molar-refractivity contribution < 1.29 is 19.1 Å². The highest BCUT2D eigenvalue weighted by Crippen LogP contribution is 2.26. The molecule has 1 saturated carbocycles. The van der Waals surface area contributed by atoms with Gasteiger partial charge in [-0.05, 0) is 68.3 Å². The number of hydrogen-bond acceptors (Lipinski definition) is 5. The van der Waals surface area contributed by atoms with Crippen LogP contribution in [0.3, 0.4) is 0 Å². The molecule has 2 N–H and O–H groups in total. The quantitative estimate of drug-likeness (QED) is 0.586. The number of carbonyl (C=O) groups excluding carboxylic acids is 3. The molecule has 8 heteroatoms. The minimum atomic E-state index is -0.388. The zero-order valence-electron chi connectivity index (χ0n) is 20.3. The van der Waals surface area contributed by atoms with E-state index >= 15 is 0 Å². The molecular formula is C27H34N4O4. The number of anilines is 3. The fourth-order valence-corrected chi connectivity index (χ4v) is 4.75. The Morgan fingerprint density at radius 3 is 1.97 bits per heavy atom. The molecule has 1 saturated heterocycles. The van der Waals surface area contributed by atoms with Crippen molar-refractivity contribution in [1.82, 2.24) is 4.90 Å². The van der Waals surface area contributed by atoms with Crippen molar-refractivity contribution in [3.63, 3.8) is 0 Å². The second-order valence-electron chi connectivity index (χ2n) is 9.07. The summed E-state index contributed by atoms with van der Waals surface area (Å²) in [5.74, 6) is 0.175. The molecule has 186 valence electrons. The molecular weight excluding hydrogens is 444 g/mol. The Labute approximate surface area is 206 Å². The lowest BCUT2D eigenvalue weighted by atomic mass is 9.88. The molecule has 4 rings (SSSR count). The molecule has 1 heterocycles. The van der Waals surface area contributed by atoms with Crippen LogP contribution in [-0.4, -0.2) is 55.6 Å². The van der Waals surface area contributed by atoms with Crippen LogP contribution in [0.15, 0.2) is 48.5 Å². The van der Waals surface area contributed by atoms with E-state index in [4.69, 9.17) is 4.74 Å². The Hall–Kier alpha value is -3.55. The fourth-order valence-electron chi connectivity index (χ4n) is 4.75. The van der Waals surface area contributed by atoms with Crippen molar-refractivity contribution >= 4 is 35.0 Å². The molecule has 0 spiro atoms. The molecule has 2 aromatic rings. The largest absolute Gasteiger partial charge is 0.462 e. The van der Waals surface area contributed by atoms with Crippen LogP contribution in [0.5, 0.6) is 0 Å². The number of amides is 3. The van der Waals surface area contributed by atoms with Gasteiger partial charge in [0.15, 0.2) is 0 Å². The average Bonchev–Trinajstić information content (AvgIpc) is 2.90. The van der Waals surface area contributed by atoms with E-state index in [1.165, 1.54) is 19.3 Å². The minimum absolute atomic E-state index is 0.224. The summed E-state index contributed by atoms with van der Waals surface area (Å²) in [5.41, 5.74) is 2.77. The molecule has 0 unspecified atom stereocenters. The Morgan fingerprint density at radius 1 is 0.829 bits per heavy atom. The third-order valence-corrected chi connectivity index (χ3v) is 6.69. The molecule has 2 aromatic carbocycles. The molecule has 0 aromatic heterocycles. The van der Waals surface area contributed by atoms with E-state index in [2.05, 4.69) is 15.5 Å². The number of nitrogens with zero attached hydrogens (tertiary/aromatic N) is 2. The van der Waals surface area contributed by atoms with Gasteiger partial charge in [0.25, 0.3) is 0 Å². The summed E-state index contributed by atoms with van der Waals surface area (Å²) in [6.45, 7) is 5.21. The van der Waals surface area contributed by atoms with Gasteiger partial charge in [-0.3, -0.25) is 4.79 Å². The summed E-state index contributed by atoms with van der Waals surface area (Å²) < 4.78 is 4.96. The van der Waals surface area contributed by atoms with Crippen LogP contribution in [0.4, 0.5) is 21.9 Å². The van der Waals surface area contributed by atoms with E-state index in [-0.39, 0.29) is 17.9 Å². The summed E-state index contributed by atoms with van der Waals surface area (Å²) in [6, 6.07) is 13.9. The monoisotopic (exact) mass is 478 g/mol. The maximum atomic E-state index is 12.8. The second kappa shape index (κ2) is 11.7. The first-order chi connectivity index (χ1) is 17.0. The third kappa shape index (κ3) is 6.53. The van der Waals surface area contributed by atoms with Gasteiger partial charge in [-0.25, -0.2) is 9.59 Å². The summed E-state index contributed by atoms with van der Waals surface area (Å²) in [4.78, 5) is 41.2. The van der Waals surface area contributed by atoms with Crippen LogP contribution in [0.25, 0.3) is 0 Å². The van der Waals surface area contributed by atoms with Gasteiger partial charge in [-0.15, -0.1) is 0 Å². The molecule has 2 fully saturated rings. The van der Waals surface area contributed by atoms with Crippen molar-refractivity contribution in [2.45, 2.75) is 39.0 Å². The Bertz CT molecular complexity index is 1010. The molecule has 1 aliphatic heterocycles.